The smallest absolute Gasteiger partial charge is 0.0343 e. The minimum absolute atomic E-state index is 0.521. The summed E-state index contributed by atoms with van der Waals surface area (Å²) in [7, 11) is 2.04. The van der Waals surface area contributed by atoms with Gasteiger partial charge in [-0.3, -0.25) is 0 Å². The van der Waals surface area contributed by atoms with Crippen LogP contribution in [-0.2, 0) is 0 Å². The average Bonchev–Trinajstić information content (AvgIpc) is 3.01. The Morgan fingerprint density at radius 1 is 1.12 bits per heavy atom. The quantitative estimate of drug-likeness (QED) is 0.794. The standard InChI is InChI=1S/C14H22N2/c1-11-4-5-13(8-12(11)2)16-10-14(6-7-14)9-15-3/h4-5,8,15-16H,6-7,9-10H2,1-3H3. The topological polar surface area (TPSA) is 24.1 Å². The van der Waals surface area contributed by atoms with Crippen molar-refractivity contribution in [2.75, 3.05) is 25.5 Å². The van der Waals surface area contributed by atoms with Crippen molar-refractivity contribution in [3.05, 3.63) is 29.3 Å². The summed E-state index contributed by atoms with van der Waals surface area (Å²) in [5, 5.41) is 6.85. The van der Waals surface area contributed by atoms with Crippen LogP contribution in [0.25, 0.3) is 0 Å². The van der Waals surface area contributed by atoms with E-state index in [1.165, 1.54) is 29.7 Å². The number of hydrogen-bond acceptors (Lipinski definition) is 2. The summed E-state index contributed by atoms with van der Waals surface area (Å²) in [6.45, 7) is 6.55. The van der Waals surface area contributed by atoms with E-state index in [0.717, 1.165) is 13.1 Å². The molecule has 1 aliphatic carbocycles. The molecule has 0 spiro atoms. The Morgan fingerprint density at radius 2 is 1.88 bits per heavy atom. The maximum absolute atomic E-state index is 3.56. The lowest BCUT2D eigenvalue weighted by molar-refractivity contribution is 0.507. The van der Waals surface area contributed by atoms with Crippen molar-refractivity contribution >= 4 is 5.69 Å². The van der Waals surface area contributed by atoms with Gasteiger partial charge in [-0.2, -0.15) is 0 Å². The molecule has 0 bridgehead atoms. The fraction of sp³-hybridized carbons (Fsp3) is 0.571. The van der Waals surface area contributed by atoms with E-state index in [9.17, 15) is 0 Å². The molecule has 88 valence electrons. The highest BCUT2D eigenvalue weighted by molar-refractivity contribution is 5.48. The van der Waals surface area contributed by atoms with Crippen LogP contribution in [0.5, 0.6) is 0 Å². The second kappa shape index (κ2) is 4.46. The van der Waals surface area contributed by atoms with E-state index in [-0.39, 0.29) is 0 Å². The summed E-state index contributed by atoms with van der Waals surface area (Å²) < 4.78 is 0. The van der Waals surface area contributed by atoms with Gasteiger partial charge in [0.25, 0.3) is 0 Å². The summed E-state index contributed by atoms with van der Waals surface area (Å²) >= 11 is 0. The molecule has 1 aromatic rings. The normalized spacial score (nSPS) is 17.2. The van der Waals surface area contributed by atoms with Crippen LogP contribution in [0.2, 0.25) is 0 Å². The number of anilines is 1. The molecule has 2 N–H and O–H groups in total. The first-order valence-electron chi connectivity index (χ1n) is 6.11. The summed E-state index contributed by atoms with van der Waals surface area (Å²) in [5.41, 5.74) is 4.50. The predicted octanol–water partition coefficient (Wildman–Crippen LogP) is 2.71. The molecule has 1 fully saturated rings. The molecule has 0 amide bonds. The third-order valence-electron chi connectivity index (χ3n) is 3.68. The van der Waals surface area contributed by atoms with Gasteiger partial charge in [0.05, 0.1) is 0 Å². The van der Waals surface area contributed by atoms with E-state index in [1.54, 1.807) is 0 Å². The molecule has 0 radical (unpaired) electrons. The van der Waals surface area contributed by atoms with E-state index in [4.69, 9.17) is 0 Å². The van der Waals surface area contributed by atoms with Gasteiger partial charge < -0.3 is 10.6 Å². The number of benzene rings is 1. The average molecular weight is 218 g/mol. The third kappa shape index (κ3) is 2.56. The Morgan fingerprint density at radius 3 is 2.44 bits per heavy atom. The third-order valence-corrected chi connectivity index (χ3v) is 3.68. The lowest BCUT2D eigenvalue weighted by Crippen LogP contribution is -2.26. The highest BCUT2D eigenvalue weighted by atomic mass is 14.9. The van der Waals surface area contributed by atoms with Gasteiger partial charge in [0.1, 0.15) is 0 Å². The Labute approximate surface area is 98.4 Å². The van der Waals surface area contributed by atoms with Crippen LogP contribution >= 0.6 is 0 Å². The second-order valence-corrected chi connectivity index (χ2v) is 5.18. The molecule has 1 saturated carbocycles. The van der Waals surface area contributed by atoms with Gasteiger partial charge in [-0.1, -0.05) is 6.07 Å². The number of nitrogens with one attached hydrogen (secondary N) is 2. The fourth-order valence-electron chi connectivity index (χ4n) is 2.11. The Balaban J connectivity index is 1.92. The van der Waals surface area contributed by atoms with E-state index in [2.05, 4.69) is 42.7 Å². The molecule has 2 heteroatoms. The second-order valence-electron chi connectivity index (χ2n) is 5.18. The lowest BCUT2D eigenvalue weighted by Gasteiger charge is -2.16. The van der Waals surface area contributed by atoms with Crippen LogP contribution in [-0.4, -0.2) is 20.1 Å². The zero-order chi connectivity index (χ0) is 11.6. The van der Waals surface area contributed by atoms with Crippen LogP contribution in [0.4, 0.5) is 5.69 Å². The van der Waals surface area contributed by atoms with Crippen LogP contribution in [0.3, 0.4) is 0 Å². The minimum Gasteiger partial charge on any atom is -0.384 e. The summed E-state index contributed by atoms with van der Waals surface area (Å²) in [5.74, 6) is 0. The van der Waals surface area contributed by atoms with Crippen molar-refractivity contribution < 1.29 is 0 Å². The predicted molar refractivity (Wildman–Crippen MR) is 70.0 cm³/mol. The highest BCUT2D eigenvalue weighted by Gasteiger charge is 2.41. The van der Waals surface area contributed by atoms with Crippen LogP contribution in [0.1, 0.15) is 24.0 Å². The molecule has 2 rings (SSSR count). The molecule has 0 unspecified atom stereocenters. The number of aryl methyl sites for hydroxylation is 2. The van der Waals surface area contributed by atoms with Gasteiger partial charge in [0.15, 0.2) is 0 Å². The Hall–Kier alpha value is -1.02. The highest BCUT2D eigenvalue weighted by Crippen LogP contribution is 2.44. The molecule has 2 nitrogen and oxygen atoms in total. The van der Waals surface area contributed by atoms with Crippen molar-refractivity contribution in [1.29, 1.82) is 0 Å². The zero-order valence-corrected chi connectivity index (χ0v) is 10.6. The van der Waals surface area contributed by atoms with E-state index in [1.807, 2.05) is 7.05 Å². The molecular formula is C14H22N2. The van der Waals surface area contributed by atoms with Gasteiger partial charge in [-0.05, 0) is 57.0 Å². The molecule has 16 heavy (non-hydrogen) atoms. The zero-order valence-electron chi connectivity index (χ0n) is 10.6. The van der Waals surface area contributed by atoms with Gasteiger partial charge in [-0.15, -0.1) is 0 Å². The van der Waals surface area contributed by atoms with Crippen molar-refractivity contribution in [1.82, 2.24) is 5.32 Å². The molecule has 0 aromatic heterocycles. The maximum atomic E-state index is 3.56. The lowest BCUT2D eigenvalue weighted by atomic mass is 10.1. The largest absolute Gasteiger partial charge is 0.384 e. The molecule has 0 saturated heterocycles. The first kappa shape index (κ1) is 11.5. The van der Waals surface area contributed by atoms with Crippen LogP contribution in [0.15, 0.2) is 18.2 Å². The molecule has 1 aliphatic rings. The van der Waals surface area contributed by atoms with E-state index < -0.39 is 0 Å². The van der Waals surface area contributed by atoms with Crippen LogP contribution in [0, 0.1) is 19.3 Å². The summed E-state index contributed by atoms with van der Waals surface area (Å²) in [4.78, 5) is 0. The maximum Gasteiger partial charge on any atom is 0.0343 e. The molecular weight excluding hydrogens is 196 g/mol. The van der Waals surface area contributed by atoms with Crippen LogP contribution < -0.4 is 10.6 Å². The minimum atomic E-state index is 0.521. The molecule has 0 aliphatic heterocycles. The molecule has 0 atom stereocenters. The first-order valence-corrected chi connectivity index (χ1v) is 6.11. The summed E-state index contributed by atoms with van der Waals surface area (Å²) in [6.07, 6.45) is 2.71. The number of hydrogen-bond donors (Lipinski definition) is 2. The Bertz CT molecular complexity index is 367. The van der Waals surface area contributed by atoms with Crippen molar-refractivity contribution in [3.63, 3.8) is 0 Å². The van der Waals surface area contributed by atoms with Gasteiger partial charge in [0, 0.05) is 24.2 Å². The van der Waals surface area contributed by atoms with Crippen molar-refractivity contribution in [2.24, 2.45) is 5.41 Å². The monoisotopic (exact) mass is 218 g/mol. The van der Waals surface area contributed by atoms with Gasteiger partial charge >= 0.3 is 0 Å². The first-order chi connectivity index (χ1) is 7.65. The fourth-order valence-corrected chi connectivity index (χ4v) is 2.11. The van der Waals surface area contributed by atoms with E-state index >= 15 is 0 Å². The van der Waals surface area contributed by atoms with Gasteiger partial charge in [-0.25, -0.2) is 0 Å². The number of rotatable bonds is 5. The van der Waals surface area contributed by atoms with Gasteiger partial charge in [0.2, 0.25) is 0 Å². The Kier molecular flexibility index (Phi) is 3.20. The molecule has 0 heterocycles. The van der Waals surface area contributed by atoms with E-state index in [0.29, 0.717) is 5.41 Å². The van der Waals surface area contributed by atoms with Crippen molar-refractivity contribution in [3.8, 4) is 0 Å². The van der Waals surface area contributed by atoms with Crippen molar-refractivity contribution in [2.45, 2.75) is 26.7 Å². The molecule has 1 aromatic carbocycles. The SMILES string of the molecule is CNCC1(CNc2ccc(C)c(C)c2)CC1. The summed E-state index contributed by atoms with van der Waals surface area (Å²) in [6, 6.07) is 6.61.